The predicted molar refractivity (Wildman–Crippen MR) is 116 cm³/mol. The normalized spacial score (nSPS) is 35.4. The summed E-state index contributed by atoms with van der Waals surface area (Å²) in [6.45, 7) is 10.5. The molecule has 3 rings (SSSR count). The second-order valence-electron chi connectivity index (χ2n) is 8.92. The van der Waals surface area contributed by atoms with Crippen molar-refractivity contribution >= 4 is 29.5 Å². The highest BCUT2D eigenvalue weighted by atomic mass is 32.2. The minimum absolute atomic E-state index is 0.0000706. The first-order chi connectivity index (χ1) is 14.3. The molecule has 2 N–H and O–H groups in total. The van der Waals surface area contributed by atoms with Crippen molar-refractivity contribution in [1.29, 1.82) is 0 Å². The van der Waals surface area contributed by atoms with Crippen LogP contribution >= 0.6 is 11.8 Å². The SMILES string of the molecule is C=CCN(C(=O)C1N(CCCO)C(=O)[C@@H]2[C@H](C(=O)O)[C@@H]3CC(C)C12S3)C(C)CCC. The summed E-state index contributed by atoms with van der Waals surface area (Å²) < 4.78 is -0.720. The van der Waals surface area contributed by atoms with Gasteiger partial charge < -0.3 is 20.0 Å². The van der Waals surface area contributed by atoms with E-state index in [-0.39, 0.29) is 42.2 Å². The molecule has 0 saturated carbocycles. The van der Waals surface area contributed by atoms with Gasteiger partial charge in [-0.1, -0.05) is 26.3 Å². The van der Waals surface area contributed by atoms with Crippen LogP contribution < -0.4 is 0 Å². The van der Waals surface area contributed by atoms with Gasteiger partial charge in [-0.05, 0) is 32.1 Å². The highest BCUT2D eigenvalue weighted by Crippen LogP contribution is 2.68. The number of thioether (sulfide) groups is 1. The van der Waals surface area contributed by atoms with Crippen molar-refractivity contribution in [3.63, 3.8) is 0 Å². The number of aliphatic hydroxyl groups excluding tert-OH is 1. The third kappa shape index (κ3) is 3.36. The fourth-order valence-corrected chi connectivity index (χ4v) is 8.33. The molecule has 3 heterocycles. The molecule has 3 aliphatic heterocycles. The Morgan fingerprint density at radius 3 is 2.73 bits per heavy atom. The van der Waals surface area contributed by atoms with Crippen LogP contribution in [0.4, 0.5) is 0 Å². The molecule has 3 saturated heterocycles. The molecule has 2 amide bonds. The number of fused-ring (bicyclic) bond motifs is 1. The van der Waals surface area contributed by atoms with Gasteiger partial charge in [0.15, 0.2) is 0 Å². The van der Waals surface area contributed by atoms with Crippen LogP contribution in [0.2, 0.25) is 0 Å². The van der Waals surface area contributed by atoms with Crippen molar-refractivity contribution < 1.29 is 24.6 Å². The molecule has 168 valence electrons. The minimum atomic E-state index is -0.947. The van der Waals surface area contributed by atoms with Crippen molar-refractivity contribution in [3.8, 4) is 0 Å². The molecule has 8 heteroatoms. The van der Waals surface area contributed by atoms with Gasteiger partial charge in [0.2, 0.25) is 11.8 Å². The van der Waals surface area contributed by atoms with E-state index in [1.54, 1.807) is 27.6 Å². The quantitative estimate of drug-likeness (QED) is 0.506. The Bertz CT molecular complexity index is 716. The van der Waals surface area contributed by atoms with Gasteiger partial charge in [-0.3, -0.25) is 14.4 Å². The maximum Gasteiger partial charge on any atom is 0.308 e. The monoisotopic (exact) mass is 438 g/mol. The second kappa shape index (κ2) is 8.91. The van der Waals surface area contributed by atoms with Gasteiger partial charge in [0.1, 0.15) is 6.04 Å². The zero-order chi connectivity index (χ0) is 22.2. The summed E-state index contributed by atoms with van der Waals surface area (Å²) in [6, 6.07) is -0.699. The first-order valence-electron chi connectivity index (χ1n) is 11.0. The number of aliphatic hydroxyl groups is 1. The Morgan fingerprint density at radius 1 is 1.47 bits per heavy atom. The molecule has 0 aromatic carbocycles. The van der Waals surface area contributed by atoms with E-state index < -0.39 is 28.6 Å². The van der Waals surface area contributed by atoms with Gasteiger partial charge in [-0.25, -0.2) is 0 Å². The molecule has 30 heavy (non-hydrogen) atoms. The smallest absolute Gasteiger partial charge is 0.308 e. The lowest BCUT2D eigenvalue weighted by Crippen LogP contribution is -2.58. The number of carboxylic acids is 1. The predicted octanol–water partition coefficient (Wildman–Crippen LogP) is 1.99. The van der Waals surface area contributed by atoms with E-state index in [4.69, 9.17) is 0 Å². The topological polar surface area (TPSA) is 98.2 Å². The maximum absolute atomic E-state index is 14.0. The van der Waals surface area contributed by atoms with Crippen LogP contribution in [-0.2, 0) is 14.4 Å². The van der Waals surface area contributed by atoms with Crippen molar-refractivity contribution in [2.24, 2.45) is 17.8 Å². The number of carbonyl (C=O) groups excluding carboxylic acids is 2. The number of hydrogen-bond acceptors (Lipinski definition) is 5. The zero-order valence-corrected chi connectivity index (χ0v) is 18.9. The lowest BCUT2D eigenvalue weighted by atomic mass is 9.66. The summed E-state index contributed by atoms with van der Waals surface area (Å²) in [6.07, 6.45) is 4.55. The average Bonchev–Trinajstić information content (AvgIpc) is 3.28. The number of nitrogens with zero attached hydrogens (tertiary/aromatic N) is 2. The summed E-state index contributed by atoms with van der Waals surface area (Å²) in [7, 11) is 0. The number of hydrogen-bond donors (Lipinski definition) is 2. The number of aliphatic carboxylic acids is 1. The van der Waals surface area contributed by atoms with Gasteiger partial charge in [0.25, 0.3) is 0 Å². The zero-order valence-electron chi connectivity index (χ0n) is 18.1. The van der Waals surface area contributed by atoms with Crippen LogP contribution in [0.15, 0.2) is 12.7 Å². The van der Waals surface area contributed by atoms with Crippen molar-refractivity contribution in [2.75, 3.05) is 19.7 Å². The van der Waals surface area contributed by atoms with Crippen LogP contribution in [0.3, 0.4) is 0 Å². The van der Waals surface area contributed by atoms with E-state index in [1.807, 2.05) is 6.92 Å². The van der Waals surface area contributed by atoms with Crippen LogP contribution in [0, 0.1) is 17.8 Å². The molecule has 1 spiro atoms. The lowest BCUT2D eigenvalue weighted by molar-refractivity contribution is -0.149. The fraction of sp³-hybridized carbons (Fsp3) is 0.773. The van der Waals surface area contributed by atoms with E-state index in [0.717, 1.165) is 12.8 Å². The van der Waals surface area contributed by atoms with Crippen LogP contribution in [0.5, 0.6) is 0 Å². The summed E-state index contributed by atoms with van der Waals surface area (Å²) in [5, 5.41) is 19.1. The minimum Gasteiger partial charge on any atom is -0.481 e. The first-order valence-corrected chi connectivity index (χ1v) is 11.9. The van der Waals surface area contributed by atoms with Gasteiger partial charge >= 0.3 is 5.97 Å². The summed E-state index contributed by atoms with van der Waals surface area (Å²) in [5.41, 5.74) is 0. The molecule has 7 nitrogen and oxygen atoms in total. The van der Waals surface area contributed by atoms with Gasteiger partial charge in [0, 0.05) is 31.0 Å². The molecule has 0 aliphatic carbocycles. The van der Waals surface area contributed by atoms with Gasteiger partial charge in [0.05, 0.1) is 16.6 Å². The highest BCUT2D eigenvalue weighted by molar-refractivity contribution is 8.02. The van der Waals surface area contributed by atoms with E-state index in [0.29, 0.717) is 19.4 Å². The lowest BCUT2D eigenvalue weighted by Gasteiger charge is -2.41. The number of amides is 2. The molecule has 4 unspecified atom stereocenters. The van der Waals surface area contributed by atoms with Crippen LogP contribution in [-0.4, -0.2) is 79.6 Å². The second-order valence-corrected chi connectivity index (χ2v) is 10.5. The molecule has 3 fully saturated rings. The van der Waals surface area contributed by atoms with Crippen molar-refractivity contribution in [1.82, 2.24) is 9.80 Å². The third-order valence-electron chi connectivity index (χ3n) is 7.17. The summed E-state index contributed by atoms with van der Waals surface area (Å²) in [4.78, 5) is 42.9. The average molecular weight is 439 g/mol. The Hall–Kier alpha value is -1.54. The molecular formula is C22H34N2O5S. The van der Waals surface area contributed by atoms with Gasteiger partial charge in [-0.15, -0.1) is 18.3 Å². The molecule has 0 aromatic rings. The summed E-state index contributed by atoms with van der Waals surface area (Å²) >= 11 is 1.55. The number of carboxylic acid groups (broad SMARTS) is 1. The molecule has 3 aliphatic rings. The number of likely N-dealkylation sites (tertiary alicyclic amines) is 1. The highest BCUT2D eigenvalue weighted by Gasteiger charge is 2.76. The molecule has 0 aromatic heterocycles. The van der Waals surface area contributed by atoms with Crippen molar-refractivity contribution in [3.05, 3.63) is 12.7 Å². The summed E-state index contributed by atoms with van der Waals surface area (Å²) in [5.74, 6) is -2.68. The standard InChI is InChI=1S/C22H34N2O5S/c1-5-8-14(4)23(9-6-2)20(27)18-22-13(3)12-15(30-22)16(21(28)29)17(22)19(26)24(18)10-7-11-25/h6,13-18,25H,2,5,7-12H2,1,3-4H3,(H,28,29)/t13?,14?,15-,16+,17-,18?,22?/m0/s1. The Morgan fingerprint density at radius 2 is 2.17 bits per heavy atom. The Balaban J connectivity index is 2.06. The van der Waals surface area contributed by atoms with Crippen LogP contribution in [0.1, 0.15) is 46.5 Å². The third-order valence-corrected chi connectivity index (χ3v) is 9.25. The van der Waals surface area contributed by atoms with E-state index in [9.17, 15) is 24.6 Å². The molecule has 2 bridgehead atoms. The Kier molecular flexibility index (Phi) is 6.87. The number of rotatable bonds is 10. The maximum atomic E-state index is 14.0. The molecular weight excluding hydrogens is 404 g/mol. The van der Waals surface area contributed by atoms with Gasteiger partial charge in [-0.2, -0.15) is 0 Å². The van der Waals surface area contributed by atoms with E-state index in [1.165, 1.54) is 0 Å². The molecule has 7 atom stereocenters. The van der Waals surface area contributed by atoms with Crippen LogP contribution in [0.25, 0.3) is 0 Å². The Labute approximate surface area is 182 Å². The van der Waals surface area contributed by atoms with Crippen molar-refractivity contribution in [2.45, 2.75) is 68.5 Å². The first kappa shape index (κ1) is 23.1. The van der Waals surface area contributed by atoms with E-state index in [2.05, 4.69) is 20.4 Å². The molecule has 0 radical (unpaired) electrons. The fourth-order valence-electron chi connectivity index (χ4n) is 5.92. The number of carbonyl (C=O) groups is 3. The van der Waals surface area contributed by atoms with E-state index >= 15 is 0 Å². The largest absolute Gasteiger partial charge is 0.481 e.